The Morgan fingerprint density at radius 3 is 2.53 bits per heavy atom. The van der Waals surface area contributed by atoms with E-state index >= 15 is 0 Å². The number of aromatic nitrogens is 6. The van der Waals surface area contributed by atoms with E-state index < -0.39 is 29.1 Å². The molecule has 0 aliphatic carbocycles. The molecule has 0 saturated heterocycles. The van der Waals surface area contributed by atoms with Crippen LogP contribution in [0.4, 0.5) is 13.2 Å². The highest BCUT2D eigenvalue weighted by Gasteiger charge is 2.40. The normalized spacial score (nSPS) is 14.4. The number of benzene rings is 1. The molecule has 0 aliphatic heterocycles. The Balaban J connectivity index is 1.75. The number of aliphatic hydroxyl groups is 1. The van der Waals surface area contributed by atoms with E-state index in [4.69, 9.17) is 0 Å². The first-order valence-corrected chi connectivity index (χ1v) is 9.02. The van der Waals surface area contributed by atoms with Gasteiger partial charge < -0.3 is 5.11 Å². The number of rotatable bonds is 6. The van der Waals surface area contributed by atoms with Crippen LogP contribution in [0.2, 0.25) is 0 Å². The molecule has 0 amide bonds. The van der Waals surface area contributed by atoms with E-state index in [1.165, 1.54) is 46.5 Å². The zero-order valence-electron chi connectivity index (χ0n) is 15.8. The van der Waals surface area contributed by atoms with E-state index in [9.17, 15) is 18.3 Å². The molecule has 0 saturated carbocycles. The van der Waals surface area contributed by atoms with Gasteiger partial charge in [0, 0.05) is 35.2 Å². The fourth-order valence-corrected chi connectivity index (χ4v) is 3.33. The van der Waals surface area contributed by atoms with E-state index in [1.807, 2.05) is 0 Å². The molecule has 10 heteroatoms. The number of pyridine rings is 1. The van der Waals surface area contributed by atoms with Crippen molar-refractivity contribution in [1.82, 2.24) is 29.5 Å². The Labute approximate surface area is 169 Å². The van der Waals surface area contributed by atoms with Crippen molar-refractivity contribution in [3.8, 4) is 11.1 Å². The first-order valence-electron chi connectivity index (χ1n) is 9.02. The average Bonchev–Trinajstić information content (AvgIpc) is 3.39. The Kier molecular flexibility index (Phi) is 5.08. The van der Waals surface area contributed by atoms with Gasteiger partial charge in [-0.3, -0.25) is 9.67 Å². The molecule has 1 N–H and O–H groups in total. The van der Waals surface area contributed by atoms with Gasteiger partial charge in [-0.1, -0.05) is 6.07 Å². The summed E-state index contributed by atoms with van der Waals surface area (Å²) in [4.78, 5) is 7.66. The molecule has 0 radical (unpaired) electrons. The monoisotopic (exact) mass is 414 g/mol. The van der Waals surface area contributed by atoms with E-state index in [1.54, 1.807) is 13.1 Å². The fraction of sp³-hybridized carbons (Fsp3) is 0.200. The van der Waals surface area contributed by atoms with Crippen molar-refractivity contribution >= 4 is 0 Å². The van der Waals surface area contributed by atoms with Crippen LogP contribution in [0.15, 0.2) is 61.7 Å². The second-order valence-electron chi connectivity index (χ2n) is 6.92. The summed E-state index contributed by atoms with van der Waals surface area (Å²) in [5, 5.41) is 19.8. The van der Waals surface area contributed by atoms with Gasteiger partial charge in [0.25, 0.3) is 0 Å². The first kappa shape index (κ1) is 19.8. The van der Waals surface area contributed by atoms with Gasteiger partial charge in [0.2, 0.25) is 0 Å². The van der Waals surface area contributed by atoms with Crippen molar-refractivity contribution in [2.75, 3.05) is 0 Å². The van der Waals surface area contributed by atoms with Crippen LogP contribution in [0.1, 0.15) is 18.5 Å². The quantitative estimate of drug-likeness (QED) is 0.524. The van der Waals surface area contributed by atoms with Gasteiger partial charge in [-0.25, -0.2) is 22.8 Å². The van der Waals surface area contributed by atoms with Crippen LogP contribution >= 0.6 is 0 Å². The Bertz CT molecular complexity index is 1160. The molecule has 4 aromatic rings. The van der Waals surface area contributed by atoms with Crippen LogP contribution in [0, 0.1) is 17.5 Å². The minimum absolute atomic E-state index is 0.114. The lowest BCUT2D eigenvalue weighted by atomic mass is 9.86. The molecular weight excluding hydrogens is 397 g/mol. The third-order valence-electron chi connectivity index (χ3n) is 4.99. The Morgan fingerprint density at radius 1 is 1.00 bits per heavy atom. The summed E-state index contributed by atoms with van der Waals surface area (Å²) in [6.45, 7) is 1.48. The maximum absolute atomic E-state index is 14.6. The summed E-state index contributed by atoms with van der Waals surface area (Å²) >= 11 is 0. The second kappa shape index (κ2) is 7.71. The molecule has 2 atom stereocenters. The summed E-state index contributed by atoms with van der Waals surface area (Å²) in [7, 11) is 0. The third-order valence-corrected chi connectivity index (χ3v) is 4.99. The van der Waals surface area contributed by atoms with Crippen LogP contribution in [-0.2, 0) is 12.1 Å². The molecule has 0 spiro atoms. The fourth-order valence-electron chi connectivity index (χ4n) is 3.33. The van der Waals surface area contributed by atoms with E-state index in [-0.39, 0.29) is 12.1 Å². The van der Waals surface area contributed by atoms with Crippen LogP contribution in [0.25, 0.3) is 11.1 Å². The second-order valence-corrected chi connectivity index (χ2v) is 6.92. The number of halogens is 3. The first-order chi connectivity index (χ1) is 14.4. The molecule has 3 heterocycles. The summed E-state index contributed by atoms with van der Waals surface area (Å²) in [6.07, 6.45) is 8.32. The zero-order valence-corrected chi connectivity index (χ0v) is 15.8. The molecule has 0 bridgehead atoms. The summed E-state index contributed by atoms with van der Waals surface area (Å²) in [5.41, 5.74) is -0.899. The van der Waals surface area contributed by atoms with Crippen LogP contribution in [0.3, 0.4) is 0 Å². The van der Waals surface area contributed by atoms with E-state index in [0.29, 0.717) is 17.2 Å². The SMILES string of the molecule is C[C@@H](n1cc(-c2cncc(F)c2)cn1)[C@](O)(Cn1cncn1)c1ccc(F)cc1F. The van der Waals surface area contributed by atoms with Crippen molar-refractivity contribution in [1.29, 1.82) is 0 Å². The molecule has 0 unspecified atom stereocenters. The summed E-state index contributed by atoms with van der Waals surface area (Å²) in [6, 6.07) is 3.47. The lowest BCUT2D eigenvalue weighted by molar-refractivity contribution is -0.0368. The van der Waals surface area contributed by atoms with Gasteiger partial charge in [0.05, 0.1) is 25.0 Å². The molecule has 30 heavy (non-hydrogen) atoms. The molecule has 7 nitrogen and oxygen atoms in total. The number of hydrogen-bond donors (Lipinski definition) is 1. The average molecular weight is 414 g/mol. The van der Waals surface area contributed by atoms with Gasteiger partial charge in [0.1, 0.15) is 35.7 Å². The minimum Gasteiger partial charge on any atom is -0.381 e. The highest BCUT2D eigenvalue weighted by Crippen LogP contribution is 2.37. The van der Waals surface area contributed by atoms with Crippen LogP contribution in [-0.4, -0.2) is 34.6 Å². The smallest absolute Gasteiger partial charge is 0.142 e. The maximum atomic E-state index is 14.6. The molecule has 3 aromatic heterocycles. The summed E-state index contributed by atoms with van der Waals surface area (Å²) < 4.78 is 44.4. The van der Waals surface area contributed by atoms with Crippen LogP contribution in [0.5, 0.6) is 0 Å². The highest BCUT2D eigenvalue weighted by atomic mass is 19.1. The van der Waals surface area contributed by atoms with Gasteiger partial charge in [0.15, 0.2) is 0 Å². The molecule has 0 fully saturated rings. The number of hydrogen-bond acceptors (Lipinski definition) is 5. The molecule has 1 aromatic carbocycles. The van der Waals surface area contributed by atoms with Crippen molar-refractivity contribution in [2.24, 2.45) is 0 Å². The van der Waals surface area contributed by atoms with Crippen molar-refractivity contribution in [3.05, 3.63) is 84.7 Å². The predicted molar refractivity (Wildman–Crippen MR) is 100 cm³/mol. The number of nitrogens with zero attached hydrogens (tertiary/aromatic N) is 6. The van der Waals surface area contributed by atoms with E-state index in [0.717, 1.165) is 12.3 Å². The lowest BCUT2D eigenvalue weighted by Gasteiger charge is -2.34. The van der Waals surface area contributed by atoms with Crippen molar-refractivity contribution in [3.63, 3.8) is 0 Å². The van der Waals surface area contributed by atoms with Crippen molar-refractivity contribution in [2.45, 2.75) is 25.1 Å². The van der Waals surface area contributed by atoms with Gasteiger partial charge >= 0.3 is 0 Å². The van der Waals surface area contributed by atoms with Gasteiger partial charge in [-0.2, -0.15) is 10.2 Å². The molecule has 0 aliphatic rings. The topological polar surface area (TPSA) is 81.6 Å². The van der Waals surface area contributed by atoms with Crippen LogP contribution < -0.4 is 0 Å². The Hall–Kier alpha value is -3.53. The Morgan fingerprint density at radius 2 is 1.83 bits per heavy atom. The molecule has 154 valence electrons. The van der Waals surface area contributed by atoms with Gasteiger partial charge in [-0.15, -0.1) is 0 Å². The maximum Gasteiger partial charge on any atom is 0.142 e. The summed E-state index contributed by atoms with van der Waals surface area (Å²) in [5.74, 6) is -2.15. The standard InChI is InChI=1S/C20H17F3N6O/c1-13(29-9-15(7-26-29)14-4-17(22)8-24-6-14)20(30,10-28-12-25-11-27-28)18-3-2-16(21)5-19(18)23/h2-9,11-13,30H,10H2,1H3/t13-,20-/m1/s1. The van der Waals surface area contributed by atoms with Crippen molar-refractivity contribution < 1.29 is 18.3 Å². The van der Waals surface area contributed by atoms with E-state index in [2.05, 4.69) is 20.2 Å². The molecule has 4 rings (SSSR count). The third kappa shape index (κ3) is 3.69. The molecular formula is C20H17F3N6O. The minimum atomic E-state index is -1.85. The lowest BCUT2D eigenvalue weighted by Crippen LogP contribution is -2.40. The highest BCUT2D eigenvalue weighted by molar-refractivity contribution is 5.60. The predicted octanol–water partition coefficient (Wildman–Crippen LogP) is 3.10. The van der Waals surface area contributed by atoms with Gasteiger partial charge in [-0.05, 0) is 19.1 Å². The largest absolute Gasteiger partial charge is 0.381 e. The zero-order chi connectivity index (χ0) is 21.3.